The van der Waals surface area contributed by atoms with Gasteiger partial charge in [0.05, 0.1) is 0 Å². The van der Waals surface area contributed by atoms with E-state index in [0.717, 1.165) is 25.7 Å². The van der Waals surface area contributed by atoms with Crippen molar-refractivity contribution in [3.8, 4) is 0 Å². The summed E-state index contributed by atoms with van der Waals surface area (Å²) in [5.74, 6) is -0.671. The predicted octanol–water partition coefficient (Wildman–Crippen LogP) is 6.83. The van der Waals surface area contributed by atoms with Crippen LogP contribution in [-0.2, 0) is 4.79 Å². The van der Waals surface area contributed by atoms with Gasteiger partial charge in [0.2, 0.25) is 0 Å². The summed E-state index contributed by atoms with van der Waals surface area (Å²) in [6.07, 6.45) is 18.6. The minimum atomic E-state index is -0.671. The molecule has 0 aromatic carbocycles. The van der Waals surface area contributed by atoms with Crippen molar-refractivity contribution >= 4 is 21.9 Å². The van der Waals surface area contributed by atoms with E-state index < -0.39 is 5.97 Å². The number of hydrogen-bond acceptors (Lipinski definition) is 1. The summed E-state index contributed by atoms with van der Waals surface area (Å²) in [6, 6.07) is 0. The molecule has 124 valence electrons. The average molecular weight is 361 g/mol. The molecule has 0 fully saturated rings. The van der Waals surface area contributed by atoms with E-state index in [1.165, 1.54) is 62.3 Å². The number of rotatable bonds is 15. The lowest BCUT2D eigenvalue weighted by Gasteiger charge is -2.02. The van der Waals surface area contributed by atoms with Crippen LogP contribution in [0.2, 0.25) is 0 Å². The molecule has 21 heavy (non-hydrogen) atoms. The highest BCUT2D eigenvalue weighted by Crippen LogP contribution is 2.18. The van der Waals surface area contributed by atoms with E-state index in [4.69, 9.17) is 5.11 Å². The van der Waals surface area contributed by atoms with E-state index in [-0.39, 0.29) is 0 Å². The highest BCUT2D eigenvalue weighted by molar-refractivity contribution is 9.11. The normalized spacial score (nSPS) is 11.8. The maximum absolute atomic E-state index is 10.4. The molecule has 0 amide bonds. The predicted molar refractivity (Wildman–Crippen MR) is 95.0 cm³/mol. The Labute approximate surface area is 139 Å². The number of hydrogen-bond donors (Lipinski definition) is 1. The van der Waals surface area contributed by atoms with E-state index in [1.54, 1.807) is 0 Å². The first-order valence-electron chi connectivity index (χ1n) is 8.73. The van der Waals surface area contributed by atoms with Gasteiger partial charge in [0.1, 0.15) is 0 Å². The van der Waals surface area contributed by atoms with Gasteiger partial charge in [0.15, 0.2) is 0 Å². The zero-order valence-electron chi connectivity index (χ0n) is 13.7. The lowest BCUT2D eigenvalue weighted by molar-refractivity contribution is -0.137. The zero-order chi connectivity index (χ0) is 15.8. The SMILES string of the molecule is CCCCCCCC/C=C(/Br)CCCCCCCC(=O)O. The Balaban J connectivity index is 3.30. The van der Waals surface area contributed by atoms with Crippen LogP contribution in [0.1, 0.15) is 96.8 Å². The second-order valence-corrected chi connectivity index (χ2v) is 6.89. The van der Waals surface area contributed by atoms with Gasteiger partial charge in [0, 0.05) is 6.42 Å². The Morgan fingerprint density at radius 2 is 1.38 bits per heavy atom. The summed E-state index contributed by atoms with van der Waals surface area (Å²) in [5, 5.41) is 8.54. The van der Waals surface area contributed by atoms with Crippen LogP contribution in [0.15, 0.2) is 10.6 Å². The quantitative estimate of drug-likeness (QED) is 0.325. The van der Waals surface area contributed by atoms with Gasteiger partial charge in [0.25, 0.3) is 0 Å². The van der Waals surface area contributed by atoms with E-state index >= 15 is 0 Å². The van der Waals surface area contributed by atoms with E-state index in [1.807, 2.05) is 0 Å². The van der Waals surface area contributed by atoms with Crippen LogP contribution in [0.3, 0.4) is 0 Å². The zero-order valence-corrected chi connectivity index (χ0v) is 15.3. The molecule has 0 aliphatic heterocycles. The molecular formula is C18H33BrO2. The lowest BCUT2D eigenvalue weighted by Crippen LogP contribution is -1.93. The maximum Gasteiger partial charge on any atom is 0.303 e. The van der Waals surface area contributed by atoms with Crippen molar-refractivity contribution in [2.45, 2.75) is 96.8 Å². The van der Waals surface area contributed by atoms with Gasteiger partial charge in [-0.15, -0.1) is 0 Å². The molecule has 0 aliphatic carbocycles. The molecule has 0 heterocycles. The van der Waals surface area contributed by atoms with Crippen molar-refractivity contribution in [2.24, 2.45) is 0 Å². The standard InChI is InChI=1S/C18H33BrO2/c1-2-3-4-5-6-8-11-14-17(19)15-12-9-7-10-13-16-18(20)21/h14H,2-13,15-16H2,1H3,(H,20,21)/b17-14+. The molecule has 0 saturated carbocycles. The van der Waals surface area contributed by atoms with Gasteiger partial charge in [-0.2, -0.15) is 0 Å². The van der Waals surface area contributed by atoms with Gasteiger partial charge in [-0.1, -0.05) is 80.3 Å². The number of allylic oxidation sites excluding steroid dienone is 2. The summed E-state index contributed by atoms with van der Waals surface area (Å²) in [7, 11) is 0. The Hall–Kier alpha value is -0.310. The fraction of sp³-hybridized carbons (Fsp3) is 0.833. The van der Waals surface area contributed by atoms with Gasteiger partial charge in [-0.3, -0.25) is 4.79 Å². The summed E-state index contributed by atoms with van der Waals surface area (Å²) in [6.45, 7) is 2.26. The Kier molecular flexibility index (Phi) is 15.8. The summed E-state index contributed by atoms with van der Waals surface area (Å²) in [4.78, 5) is 10.4. The first kappa shape index (κ1) is 20.7. The van der Waals surface area contributed by atoms with Gasteiger partial charge in [-0.05, 0) is 36.6 Å². The van der Waals surface area contributed by atoms with Crippen molar-refractivity contribution in [3.63, 3.8) is 0 Å². The van der Waals surface area contributed by atoms with Gasteiger partial charge in [-0.25, -0.2) is 0 Å². The second kappa shape index (κ2) is 16.1. The van der Waals surface area contributed by atoms with E-state index in [9.17, 15) is 4.79 Å². The summed E-state index contributed by atoms with van der Waals surface area (Å²) < 4.78 is 1.35. The molecule has 0 rings (SSSR count). The molecule has 0 aliphatic rings. The molecule has 0 unspecified atom stereocenters. The van der Waals surface area contributed by atoms with Crippen molar-refractivity contribution in [1.29, 1.82) is 0 Å². The number of carboxylic acids is 1. The molecule has 0 aromatic rings. The van der Waals surface area contributed by atoms with Crippen molar-refractivity contribution in [2.75, 3.05) is 0 Å². The third-order valence-corrected chi connectivity index (χ3v) is 4.45. The minimum absolute atomic E-state index is 0.321. The molecule has 3 heteroatoms. The molecule has 2 nitrogen and oxygen atoms in total. The molecule has 0 atom stereocenters. The molecule has 0 aromatic heterocycles. The lowest BCUT2D eigenvalue weighted by atomic mass is 10.1. The fourth-order valence-corrected chi connectivity index (χ4v) is 2.90. The fourth-order valence-electron chi connectivity index (χ4n) is 2.39. The van der Waals surface area contributed by atoms with Crippen molar-refractivity contribution < 1.29 is 9.90 Å². The Bertz CT molecular complexity index is 274. The summed E-state index contributed by atoms with van der Waals surface area (Å²) >= 11 is 3.66. The monoisotopic (exact) mass is 360 g/mol. The van der Waals surface area contributed by atoms with Gasteiger partial charge >= 0.3 is 5.97 Å². The van der Waals surface area contributed by atoms with Crippen LogP contribution >= 0.6 is 15.9 Å². The Morgan fingerprint density at radius 3 is 2.00 bits per heavy atom. The highest BCUT2D eigenvalue weighted by atomic mass is 79.9. The molecule has 0 saturated heterocycles. The molecule has 0 bridgehead atoms. The van der Waals surface area contributed by atoms with E-state index in [0.29, 0.717) is 6.42 Å². The van der Waals surface area contributed by atoms with Crippen molar-refractivity contribution in [3.05, 3.63) is 10.6 Å². The van der Waals surface area contributed by atoms with Crippen LogP contribution in [0.25, 0.3) is 0 Å². The van der Waals surface area contributed by atoms with Crippen molar-refractivity contribution in [1.82, 2.24) is 0 Å². The largest absolute Gasteiger partial charge is 0.481 e. The molecule has 1 N–H and O–H groups in total. The van der Waals surface area contributed by atoms with Crippen LogP contribution in [0.4, 0.5) is 0 Å². The van der Waals surface area contributed by atoms with Gasteiger partial charge < -0.3 is 5.11 Å². The van der Waals surface area contributed by atoms with Crippen LogP contribution in [0, 0.1) is 0 Å². The number of unbranched alkanes of at least 4 members (excludes halogenated alkanes) is 10. The van der Waals surface area contributed by atoms with E-state index in [2.05, 4.69) is 28.9 Å². The first-order valence-corrected chi connectivity index (χ1v) is 9.52. The topological polar surface area (TPSA) is 37.3 Å². The maximum atomic E-state index is 10.4. The third kappa shape index (κ3) is 17.6. The minimum Gasteiger partial charge on any atom is -0.481 e. The number of carbonyl (C=O) groups is 1. The smallest absolute Gasteiger partial charge is 0.303 e. The number of carboxylic acid groups (broad SMARTS) is 1. The summed E-state index contributed by atoms with van der Waals surface area (Å²) in [5.41, 5.74) is 0. The molecule has 0 spiro atoms. The van der Waals surface area contributed by atoms with Crippen LogP contribution < -0.4 is 0 Å². The first-order chi connectivity index (χ1) is 10.2. The Morgan fingerprint density at radius 1 is 0.857 bits per heavy atom. The van der Waals surface area contributed by atoms with Crippen LogP contribution in [-0.4, -0.2) is 11.1 Å². The second-order valence-electron chi connectivity index (χ2n) is 5.87. The molecule has 0 radical (unpaired) electrons. The molecular weight excluding hydrogens is 328 g/mol. The highest BCUT2D eigenvalue weighted by Gasteiger charge is 1.97. The number of aliphatic carboxylic acids is 1. The van der Waals surface area contributed by atoms with Crippen LogP contribution in [0.5, 0.6) is 0 Å². The third-order valence-electron chi connectivity index (χ3n) is 3.73. The average Bonchev–Trinajstić information content (AvgIpc) is 2.45. The number of halogens is 1.